The van der Waals surface area contributed by atoms with Crippen LogP contribution in [-0.2, 0) is 26.5 Å². The van der Waals surface area contributed by atoms with E-state index in [9.17, 15) is 4.79 Å². The molecule has 3 heterocycles. The van der Waals surface area contributed by atoms with Crippen molar-refractivity contribution in [1.29, 1.82) is 0 Å². The number of likely N-dealkylation sites (tertiary alicyclic amines) is 1. The number of fused-ring (bicyclic) bond motifs is 2. The van der Waals surface area contributed by atoms with Crippen molar-refractivity contribution in [1.82, 2.24) is 4.90 Å². The van der Waals surface area contributed by atoms with Crippen LogP contribution < -0.4 is 0 Å². The fourth-order valence-corrected chi connectivity index (χ4v) is 4.14. The molecule has 3 aliphatic heterocycles. The second kappa shape index (κ2) is 6.13. The van der Waals surface area contributed by atoms with Crippen molar-refractivity contribution in [3.63, 3.8) is 0 Å². The Morgan fingerprint density at radius 1 is 1.24 bits per heavy atom. The van der Waals surface area contributed by atoms with Crippen molar-refractivity contribution in [3.8, 4) is 0 Å². The molecule has 4 rings (SSSR count). The van der Waals surface area contributed by atoms with Gasteiger partial charge in [-0.2, -0.15) is 4.99 Å². The molecule has 1 saturated heterocycles. The summed E-state index contributed by atoms with van der Waals surface area (Å²) in [5, 5.41) is 0. The van der Waals surface area contributed by atoms with E-state index in [-0.39, 0.29) is 11.5 Å². The van der Waals surface area contributed by atoms with Crippen LogP contribution in [0.5, 0.6) is 0 Å². The molecule has 134 valence electrons. The molecule has 1 unspecified atom stereocenters. The van der Waals surface area contributed by atoms with Crippen molar-refractivity contribution in [3.05, 3.63) is 35.4 Å². The zero-order chi connectivity index (χ0) is 17.5. The third-order valence-electron chi connectivity index (χ3n) is 5.83. The van der Waals surface area contributed by atoms with Crippen LogP contribution in [0.3, 0.4) is 0 Å². The van der Waals surface area contributed by atoms with Gasteiger partial charge in [0.25, 0.3) is 11.9 Å². The fourth-order valence-electron chi connectivity index (χ4n) is 4.14. The van der Waals surface area contributed by atoms with Crippen LogP contribution in [-0.4, -0.2) is 35.5 Å². The predicted molar refractivity (Wildman–Crippen MR) is 95.2 cm³/mol. The molecular weight excluding hydrogens is 316 g/mol. The number of piperidine rings is 1. The Labute approximate surface area is 149 Å². The molecule has 25 heavy (non-hydrogen) atoms. The molecule has 0 aliphatic carbocycles. The Bertz CT molecular complexity index is 707. The van der Waals surface area contributed by atoms with Crippen molar-refractivity contribution in [2.45, 2.75) is 63.8 Å². The number of carbonyl (C=O) groups is 1. The van der Waals surface area contributed by atoms with Gasteiger partial charge in [0.15, 0.2) is 5.60 Å². The molecule has 1 amide bonds. The lowest BCUT2D eigenvalue weighted by molar-refractivity contribution is -0.130. The number of carbonyl (C=O) groups excluding carboxylic acids is 1. The standard InChI is InChI=1S/C20H26N2O3/c1-3-4-9-19(2)17(23)21-18(25-19)22-12-10-20(11-13-22)16-8-6-5-7-15(16)14-24-20/h5-8H,3-4,9-14H2,1-2H3. The molecule has 5 heteroatoms. The number of amidine groups is 1. The lowest BCUT2D eigenvalue weighted by Gasteiger charge is -2.39. The first-order chi connectivity index (χ1) is 12.1. The van der Waals surface area contributed by atoms with Gasteiger partial charge >= 0.3 is 0 Å². The summed E-state index contributed by atoms with van der Waals surface area (Å²) in [6.45, 7) is 6.27. The molecule has 1 spiro atoms. The van der Waals surface area contributed by atoms with Gasteiger partial charge < -0.3 is 14.4 Å². The minimum absolute atomic E-state index is 0.140. The Balaban J connectivity index is 1.44. The largest absolute Gasteiger partial charge is 0.448 e. The minimum atomic E-state index is -0.781. The maximum atomic E-state index is 12.3. The Hall–Kier alpha value is -1.88. The van der Waals surface area contributed by atoms with Crippen molar-refractivity contribution in [2.75, 3.05) is 13.1 Å². The lowest BCUT2D eigenvalue weighted by atomic mass is 9.84. The zero-order valence-electron chi connectivity index (χ0n) is 15.1. The third kappa shape index (κ3) is 2.74. The van der Waals surface area contributed by atoms with Gasteiger partial charge in [-0.25, -0.2) is 0 Å². The average molecular weight is 342 g/mol. The number of hydrogen-bond acceptors (Lipinski definition) is 4. The van der Waals surface area contributed by atoms with Crippen LogP contribution in [0, 0.1) is 0 Å². The summed E-state index contributed by atoms with van der Waals surface area (Å²) in [4.78, 5) is 18.6. The maximum absolute atomic E-state index is 12.3. The number of rotatable bonds is 3. The quantitative estimate of drug-likeness (QED) is 0.845. The lowest BCUT2D eigenvalue weighted by Crippen LogP contribution is -2.46. The van der Waals surface area contributed by atoms with Crippen molar-refractivity contribution in [2.24, 2.45) is 4.99 Å². The molecule has 0 bridgehead atoms. The molecule has 1 aromatic carbocycles. The first-order valence-electron chi connectivity index (χ1n) is 9.36. The number of nitrogens with zero attached hydrogens (tertiary/aromatic N) is 2. The fraction of sp³-hybridized carbons (Fsp3) is 0.600. The second-order valence-corrected chi connectivity index (χ2v) is 7.56. The smallest absolute Gasteiger partial charge is 0.296 e. The van der Waals surface area contributed by atoms with Gasteiger partial charge in [-0.3, -0.25) is 4.79 Å². The highest BCUT2D eigenvalue weighted by Crippen LogP contribution is 2.44. The normalized spacial score (nSPS) is 27.4. The summed E-state index contributed by atoms with van der Waals surface area (Å²) in [6.07, 6.45) is 4.53. The molecule has 5 nitrogen and oxygen atoms in total. The van der Waals surface area contributed by atoms with Gasteiger partial charge in [0.1, 0.15) is 0 Å². The zero-order valence-corrected chi connectivity index (χ0v) is 15.1. The number of aliphatic imine (C=N–C) groups is 1. The van der Waals surface area contributed by atoms with Gasteiger partial charge in [-0.1, -0.05) is 37.6 Å². The molecular formula is C20H26N2O3. The SMILES string of the molecule is CCCCC1(C)OC(N2CCC3(CC2)OCc2ccccc23)=NC1=O. The highest BCUT2D eigenvalue weighted by atomic mass is 16.5. The monoisotopic (exact) mass is 342 g/mol. The topological polar surface area (TPSA) is 51.1 Å². The van der Waals surface area contributed by atoms with E-state index >= 15 is 0 Å². The molecule has 0 aromatic heterocycles. The summed E-state index contributed by atoms with van der Waals surface area (Å²) in [6, 6.07) is 9.00. The van der Waals surface area contributed by atoms with Crippen LogP contribution in [0.25, 0.3) is 0 Å². The average Bonchev–Trinajstić information content (AvgIpc) is 3.13. The molecule has 0 saturated carbocycles. The summed E-state index contributed by atoms with van der Waals surface area (Å²) in [7, 11) is 0. The van der Waals surface area contributed by atoms with E-state index in [1.165, 1.54) is 11.1 Å². The first kappa shape index (κ1) is 16.6. The highest BCUT2D eigenvalue weighted by Gasteiger charge is 2.47. The van der Waals surface area contributed by atoms with Gasteiger partial charge in [0.05, 0.1) is 12.2 Å². The molecule has 1 fully saturated rings. The van der Waals surface area contributed by atoms with Crippen molar-refractivity contribution >= 4 is 11.9 Å². The van der Waals surface area contributed by atoms with Crippen molar-refractivity contribution < 1.29 is 14.3 Å². The van der Waals surface area contributed by atoms with Gasteiger partial charge in [0.2, 0.25) is 0 Å². The van der Waals surface area contributed by atoms with Crippen LogP contribution >= 0.6 is 0 Å². The van der Waals surface area contributed by atoms with E-state index in [1.807, 2.05) is 6.92 Å². The summed E-state index contributed by atoms with van der Waals surface area (Å²) in [5.74, 6) is -0.140. The molecule has 0 radical (unpaired) electrons. The van der Waals surface area contributed by atoms with E-state index < -0.39 is 5.60 Å². The Morgan fingerprint density at radius 3 is 2.76 bits per heavy atom. The minimum Gasteiger partial charge on any atom is -0.448 e. The number of amides is 1. The predicted octanol–water partition coefficient (Wildman–Crippen LogP) is 3.37. The molecule has 1 atom stereocenters. The van der Waals surface area contributed by atoms with E-state index in [4.69, 9.17) is 9.47 Å². The van der Waals surface area contributed by atoms with Gasteiger partial charge in [-0.05, 0) is 43.7 Å². The summed E-state index contributed by atoms with van der Waals surface area (Å²) < 4.78 is 12.2. The van der Waals surface area contributed by atoms with E-state index in [2.05, 4.69) is 41.1 Å². The van der Waals surface area contributed by atoms with E-state index in [1.54, 1.807) is 0 Å². The van der Waals surface area contributed by atoms with Crippen LogP contribution in [0.1, 0.15) is 57.1 Å². The van der Waals surface area contributed by atoms with E-state index in [0.29, 0.717) is 12.6 Å². The van der Waals surface area contributed by atoms with Crippen LogP contribution in [0.4, 0.5) is 0 Å². The Kier molecular flexibility index (Phi) is 4.07. The van der Waals surface area contributed by atoms with E-state index in [0.717, 1.165) is 45.2 Å². The van der Waals surface area contributed by atoms with Gasteiger partial charge in [0, 0.05) is 13.1 Å². The molecule has 3 aliphatic rings. The molecule has 1 aromatic rings. The second-order valence-electron chi connectivity index (χ2n) is 7.56. The summed E-state index contributed by atoms with van der Waals surface area (Å²) >= 11 is 0. The highest BCUT2D eigenvalue weighted by molar-refractivity contribution is 6.01. The first-order valence-corrected chi connectivity index (χ1v) is 9.36. The maximum Gasteiger partial charge on any atom is 0.296 e. The number of unbranched alkanes of at least 4 members (excludes halogenated alkanes) is 1. The number of benzene rings is 1. The summed E-state index contributed by atoms with van der Waals surface area (Å²) in [5.41, 5.74) is 1.67. The van der Waals surface area contributed by atoms with Crippen LogP contribution in [0.2, 0.25) is 0 Å². The number of ether oxygens (including phenoxy) is 2. The van der Waals surface area contributed by atoms with Crippen LogP contribution in [0.15, 0.2) is 29.3 Å². The third-order valence-corrected chi connectivity index (χ3v) is 5.83. The van der Waals surface area contributed by atoms with Gasteiger partial charge in [-0.15, -0.1) is 0 Å². The molecule has 0 N–H and O–H groups in total. The Morgan fingerprint density at radius 2 is 2.00 bits per heavy atom. The number of hydrogen-bond donors (Lipinski definition) is 0.